The molecule has 3 rings (SSSR count). The maximum atomic E-state index is 12.5. The molecule has 1 saturated heterocycles. The van der Waals surface area contributed by atoms with Crippen LogP contribution in [0, 0.1) is 5.92 Å². The summed E-state index contributed by atoms with van der Waals surface area (Å²) in [6.07, 6.45) is 3.12. The molecule has 2 heterocycles. The molecule has 1 fully saturated rings. The first-order chi connectivity index (χ1) is 10.9. The van der Waals surface area contributed by atoms with Crippen molar-refractivity contribution in [3.63, 3.8) is 0 Å². The van der Waals surface area contributed by atoms with Gasteiger partial charge in [0.15, 0.2) is 0 Å². The molecule has 1 aromatic carbocycles. The van der Waals surface area contributed by atoms with Crippen molar-refractivity contribution in [3.05, 3.63) is 29.8 Å². The van der Waals surface area contributed by atoms with Crippen LogP contribution in [0.2, 0.25) is 0 Å². The lowest BCUT2D eigenvalue weighted by Gasteiger charge is -2.32. The number of para-hydroxylation sites is 1. The molecule has 0 saturated carbocycles. The van der Waals surface area contributed by atoms with Crippen LogP contribution < -0.4 is 10.1 Å². The summed E-state index contributed by atoms with van der Waals surface area (Å²) in [6, 6.07) is 7.73. The van der Waals surface area contributed by atoms with Crippen LogP contribution >= 0.6 is 0 Å². The monoisotopic (exact) mass is 338 g/mol. The highest BCUT2D eigenvalue weighted by atomic mass is 32.2. The van der Waals surface area contributed by atoms with Crippen molar-refractivity contribution < 1.29 is 17.9 Å². The van der Waals surface area contributed by atoms with E-state index < -0.39 is 10.0 Å². The van der Waals surface area contributed by atoms with Gasteiger partial charge >= 0.3 is 0 Å². The van der Waals surface area contributed by atoms with E-state index in [1.165, 1.54) is 10.6 Å². The molecule has 0 aromatic heterocycles. The van der Waals surface area contributed by atoms with Gasteiger partial charge < -0.3 is 10.1 Å². The van der Waals surface area contributed by atoms with Gasteiger partial charge in [0.2, 0.25) is 15.9 Å². The molecule has 0 spiro atoms. The van der Waals surface area contributed by atoms with E-state index in [0.717, 1.165) is 17.7 Å². The van der Waals surface area contributed by atoms with Crippen LogP contribution in [-0.2, 0) is 14.8 Å². The van der Waals surface area contributed by atoms with Crippen LogP contribution in [-0.4, -0.2) is 44.6 Å². The fourth-order valence-electron chi connectivity index (χ4n) is 3.23. The third-order valence-electron chi connectivity index (χ3n) is 4.57. The van der Waals surface area contributed by atoms with Gasteiger partial charge in [-0.3, -0.25) is 4.79 Å². The van der Waals surface area contributed by atoms with E-state index in [0.29, 0.717) is 32.5 Å². The number of fused-ring (bicyclic) bond motifs is 1. The Morgan fingerprint density at radius 3 is 2.61 bits per heavy atom. The normalized spacial score (nSPS) is 22.9. The van der Waals surface area contributed by atoms with Gasteiger partial charge in [0.25, 0.3) is 0 Å². The van der Waals surface area contributed by atoms with E-state index >= 15 is 0 Å². The summed E-state index contributed by atoms with van der Waals surface area (Å²) in [5.74, 6) is 0.721. The van der Waals surface area contributed by atoms with Crippen molar-refractivity contribution in [1.29, 1.82) is 0 Å². The molecular formula is C16H22N2O4S. The number of hydrogen-bond donors (Lipinski definition) is 1. The zero-order valence-electron chi connectivity index (χ0n) is 13.2. The zero-order chi connectivity index (χ0) is 16.4. The number of carbonyl (C=O) groups is 1. The molecule has 7 heteroatoms. The van der Waals surface area contributed by atoms with Crippen LogP contribution in [0.5, 0.6) is 5.75 Å². The van der Waals surface area contributed by atoms with Crippen LogP contribution in [0.3, 0.4) is 0 Å². The van der Waals surface area contributed by atoms with Gasteiger partial charge in [-0.2, -0.15) is 0 Å². The van der Waals surface area contributed by atoms with Crippen molar-refractivity contribution in [3.8, 4) is 5.75 Å². The number of piperidine rings is 1. The molecule has 2 aliphatic heterocycles. The third kappa shape index (κ3) is 3.67. The average Bonchev–Trinajstić information content (AvgIpc) is 2.54. The number of amides is 1. The molecular weight excluding hydrogens is 316 g/mol. The predicted octanol–water partition coefficient (Wildman–Crippen LogP) is 1.30. The summed E-state index contributed by atoms with van der Waals surface area (Å²) >= 11 is 0. The van der Waals surface area contributed by atoms with Gasteiger partial charge in [-0.25, -0.2) is 12.7 Å². The fraction of sp³-hybridized carbons (Fsp3) is 0.562. The molecule has 0 bridgehead atoms. The van der Waals surface area contributed by atoms with Gasteiger partial charge in [0.05, 0.1) is 18.9 Å². The zero-order valence-corrected chi connectivity index (χ0v) is 14.0. The van der Waals surface area contributed by atoms with Gasteiger partial charge in [-0.15, -0.1) is 0 Å². The lowest BCUT2D eigenvalue weighted by Crippen LogP contribution is -2.43. The largest absolute Gasteiger partial charge is 0.493 e. The van der Waals surface area contributed by atoms with Crippen molar-refractivity contribution in [2.45, 2.75) is 25.3 Å². The minimum atomic E-state index is -3.16. The fourth-order valence-corrected chi connectivity index (χ4v) is 4.11. The maximum absolute atomic E-state index is 12.5. The second-order valence-corrected chi connectivity index (χ2v) is 8.15. The summed E-state index contributed by atoms with van der Waals surface area (Å²) in [6.45, 7) is 1.43. The van der Waals surface area contributed by atoms with Gasteiger partial charge in [0, 0.05) is 31.0 Å². The Kier molecular flexibility index (Phi) is 4.59. The smallest absolute Gasteiger partial charge is 0.223 e. The highest BCUT2D eigenvalue weighted by Crippen LogP contribution is 2.32. The molecule has 1 amide bonds. The van der Waals surface area contributed by atoms with Crippen molar-refractivity contribution in [2.24, 2.45) is 5.92 Å². The number of ether oxygens (including phenoxy) is 1. The van der Waals surface area contributed by atoms with Crippen molar-refractivity contribution in [2.75, 3.05) is 26.0 Å². The highest BCUT2D eigenvalue weighted by molar-refractivity contribution is 7.88. The Morgan fingerprint density at radius 2 is 1.91 bits per heavy atom. The van der Waals surface area contributed by atoms with Gasteiger partial charge in [0.1, 0.15) is 5.75 Å². The molecule has 6 nitrogen and oxygen atoms in total. The summed E-state index contributed by atoms with van der Waals surface area (Å²) in [5, 5.41) is 3.11. The number of carbonyl (C=O) groups excluding carboxylic acids is 1. The Bertz CT molecular complexity index is 681. The van der Waals surface area contributed by atoms with Gasteiger partial charge in [-0.1, -0.05) is 18.2 Å². The SMILES string of the molecule is CS(=O)(=O)N1CCC(C(=O)N[C@@H]2CCOc3ccccc32)CC1. The van der Waals surface area contributed by atoms with Gasteiger partial charge in [-0.05, 0) is 18.9 Å². The Labute approximate surface area is 136 Å². The molecule has 1 aromatic rings. The van der Waals surface area contributed by atoms with E-state index in [9.17, 15) is 13.2 Å². The quantitative estimate of drug-likeness (QED) is 0.901. The van der Waals surface area contributed by atoms with Crippen LogP contribution in [0.15, 0.2) is 24.3 Å². The van der Waals surface area contributed by atoms with Crippen LogP contribution in [0.4, 0.5) is 0 Å². The topological polar surface area (TPSA) is 75.7 Å². The van der Waals surface area contributed by atoms with E-state index in [4.69, 9.17) is 4.74 Å². The van der Waals surface area contributed by atoms with Crippen molar-refractivity contribution >= 4 is 15.9 Å². The van der Waals surface area contributed by atoms with Crippen molar-refractivity contribution in [1.82, 2.24) is 9.62 Å². The van der Waals surface area contributed by atoms with E-state index in [1.807, 2.05) is 24.3 Å². The van der Waals surface area contributed by atoms with Crippen LogP contribution in [0.25, 0.3) is 0 Å². The minimum Gasteiger partial charge on any atom is -0.493 e. The lowest BCUT2D eigenvalue weighted by molar-refractivity contribution is -0.127. The van der Waals surface area contributed by atoms with E-state index in [-0.39, 0.29) is 17.9 Å². The summed E-state index contributed by atoms with van der Waals surface area (Å²) in [4.78, 5) is 12.5. The summed E-state index contributed by atoms with van der Waals surface area (Å²) < 4.78 is 30.1. The molecule has 2 aliphatic rings. The predicted molar refractivity (Wildman–Crippen MR) is 86.6 cm³/mol. The average molecular weight is 338 g/mol. The number of hydrogen-bond acceptors (Lipinski definition) is 4. The first kappa shape index (κ1) is 16.3. The molecule has 1 N–H and O–H groups in total. The molecule has 126 valence electrons. The van der Waals surface area contributed by atoms with E-state index in [1.54, 1.807) is 0 Å². The second-order valence-electron chi connectivity index (χ2n) is 6.17. The Morgan fingerprint density at radius 1 is 1.22 bits per heavy atom. The van der Waals surface area contributed by atoms with Crippen LogP contribution in [0.1, 0.15) is 30.9 Å². The maximum Gasteiger partial charge on any atom is 0.223 e. The molecule has 1 atom stereocenters. The minimum absolute atomic E-state index is 0.0138. The first-order valence-electron chi connectivity index (χ1n) is 7.92. The second kappa shape index (κ2) is 6.49. The Hall–Kier alpha value is -1.60. The van der Waals surface area contributed by atoms with E-state index in [2.05, 4.69) is 5.32 Å². The number of sulfonamides is 1. The molecule has 0 aliphatic carbocycles. The number of benzene rings is 1. The lowest BCUT2D eigenvalue weighted by atomic mass is 9.95. The summed E-state index contributed by atoms with van der Waals surface area (Å²) in [7, 11) is -3.16. The molecule has 0 unspecified atom stereocenters. The number of nitrogens with zero attached hydrogens (tertiary/aromatic N) is 1. The number of rotatable bonds is 3. The highest BCUT2D eigenvalue weighted by Gasteiger charge is 2.31. The summed E-state index contributed by atoms with van der Waals surface area (Å²) in [5.41, 5.74) is 1.01. The first-order valence-corrected chi connectivity index (χ1v) is 9.77. The standard InChI is InChI=1S/C16H22N2O4S/c1-23(20,21)18-9-6-12(7-10-18)16(19)17-14-8-11-22-15-5-3-2-4-13(14)15/h2-5,12,14H,6-11H2,1H3,(H,17,19)/t14-/m1/s1. The third-order valence-corrected chi connectivity index (χ3v) is 5.87. The molecule has 23 heavy (non-hydrogen) atoms. The molecule has 0 radical (unpaired) electrons. The Balaban J connectivity index is 1.61. The number of nitrogens with one attached hydrogen (secondary N) is 1.